The molecule has 0 aromatic heterocycles. The zero-order valence-corrected chi connectivity index (χ0v) is 23.4. The summed E-state index contributed by atoms with van der Waals surface area (Å²) in [5.74, 6) is -1.89. The third-order valence-corrected chi connectivity index (χ3v) is 7.13. The predicted octanol–water partition coefficient (Wildman–Crippen LogP) is 6.28. The number of methoxy groups -OCH3 is 1. The van der Waals surface area contributed by atoms with E-state index in [0.29, 0.717) is 23.1 Å². The third-order valence-electron chi connectivity index (χ3n) is 5.40. The summed E-state index contributed by atoms with van der Waals surface area (Å²) in [5.41, 5.74) is 1.57. The fourth-order valence-corrected chi connectivity index (χ4v) is 4.90. The van der Waals surface area contributed by atoms with Gasteiger partial charge in [0.25, 0.3) is 11.1 Å². The second-order valence-corrected chi connectivity index (χ2v) is 10.4. The molecule has 8 nitrogen and oxygen atoms in total. The second-order valence-electron chi connectivity index (χ2n) is 8.10. The highest BCUT2D eigenvalue weighted by Crippen LogP contribution is 2.35. The topological polar surface area (TPSA) is 102 Å². The molecule has 0 radical (unpaired) electrons. The monoisotopic (exact) mass is 632 g/mol. The number of ether oxygens (including phenoxy) is 2. The van der Waals surface area contributed by atoms with E-state index in [1.807, 2.05) is 0 Å². The molecule has 1 N–H and O–H groups in total. The number of imide groups is 1. The summed E-state index contributed by atoms with van der Waals surface area (Å²) in [6.07, 6.45) is 1.51. The summed E-state index contributed by atoms with van der Waals surface area (Å²) in [5, 5.41) is 2.07. The maximum atomic E-state index is 13.2. The smallest absolute Gasteiger partial charge is 0.339 e. The molecule has 0 unspecified atom stereocenters. The summed E-state index contributed by atoms with van der Waals surface area (Å²) < 4.78 is 24.4. The van der Waals surface area contributed by atoms with E-state index in [1.54, 1.807) is 30.3 Å². The van der Waals surface area contributed by atoms with Gasteiger partial charge in [-0.3, -0.25) is 19.3 Å². The molecule has 12 heteroatoms. The van der Waals surface area contributed by atoms with E-state index in [0.717, 1.165) is 14.9 Å². The largest absolute Gasteiger partial charge is 0.488 e. The lowest BCUT2D eigenvalue weighted by atomic mass is 10.1. The Kier molecular flexibility index (Phi) is 9.05. The SMILES string of the molecule is COC(=O)c1cc(NC(=O)CN2C(=O)S/C(=C\c3cc(Br)ccc3OCc3ccc(F)cc3)C2=O)ccc1Cl. The van der Waals surface area contributed by atoms with Gasteiger partial charge in [0.1, 0.15) is 24.7 Å². The van der Waals surface area contributed by atoms with E-state index in [4.69, 9.17) is 16.3 Å². The Morgan fingerprint density at radius 3 is 2.56 bits per heavy atom. The van der Waals surface area contributed by atoms with Gasteiger partial charge in [0.15, 0.2) is 0 Å². The summed E-state index contributed by atoms with van der Waals surface area (Å²) in [6.45, 7) is -0.378. The third kappa shape index (κ3) is 7.05. The molecule has 0 bridgehead atoms. The van der Waals surface area contributed by atoms with Crippen molar-refractivity contribution in [2.75, 3.05) is 19.0 Å². The first kappa shape index (κ1) is 28.3. The minimum absolute atomic E-state index is 0.0533. The van der Waals surface area contributed by atoms with Crippen LogP contribution in [0.15, 0.2) is 70.0 Å². The number of hydrogen-bond acceptors (Lipinski definition) is 7. The summed E-state index contributed by atoms with van der Waals surface area (Å²) >= 11 is 10.1. The lowest BCUT2D eigenvalue weighted by Crippen LogP contribution is -2.36. The number of esters is 1. The standard InChI is InChI=1S/C27H19BrClFN2O6S/c1-37-26(35)20-12-19(7-8-21(20)29)31-24(33)13-32-25(34)23(39-27(32)36)11-16-10-17(28)4-9-22(16)38-14-15-2-5-18(30)6-3-15/h2-12H,13-14H2,1H3,(H,31,33)/b23-11-. The van der Waals surface area contributed by atoms with Crippen molar-refractivity contribution in [2.24, 2.45) is 0 Å². The number of benzene rings is 3. The molecule has 1 fully saturated rings. The number of rotatable bonds is 8. The van der Waals surface area contributed by atoms with Crippen LogP contribution in [-0.2, 0) is 20.9 Å². The Morgan fingerprint density at radius 2 is 1.85 bits per heavy atom. The molecular weight excluding hydrogens is 615 g/mol. The highest BCUT2D eigenvalue weighted by Gasteiger charge is 2.36. The summed E-state index contributed by atoms with van der Waals surface area (Å²) in [7, 11) is 1.20. The number of halogens is 3. The zero-order valence-electron chi connectivity index (χ0n) is 20.2. The lowest BCUT2D eigenvalue weighted by molar-refractivity contribution is -0.127. The van der Waals surface area contributed by atoms with Gasteiger partial charge < -0.3 is 14.8 Å². The molecule has 1 aliphatic heterocycles. The van der Waals surface area contributed by atoms with Gasteiger partial charge in [0.05, 0.1) is 22.6 Å². The van der Waals surface area contributed by atoms with Crippen LogP contribution in [0.4, 0.5) is 14.9 Å². The minimum Gasteiger partial charge on any atom is -0.488 e. The van der Waals surface area contributed by atoms with Crippen LogP contribution >= 0.6 is 39.3 Å². The van der Waals surface area contributed by atoms with Gasteiger partial charge in [-0.05, 0) is 71.9 Å². The number of carbonyl (C=O) groups excluding carboxylic acids is 4. The maximum Gasteiger partial charge on any atom is 0.339 e. The van der Waals surface area contributed by atoms with Crippen molar-refractivity contribution in [1.29, 1.82) is 0 Å². The lowest BCUT2D eigenvalue weighted by Gasteiger charge is -2.13. The van der Waals surface area contributed by atoms with Crippen LogP contribution in [0.25, 0.3) is 6.08 Å². The molecule has 3 aromatic carbocycles. The Labute approximate surface area is 240 Å². The first-order chi connectivity index (χ1) is 18.6. The highest BCUT2D eigenvalue weighted by molar-refractivity contribution is 9.10. The summed E-state index contributed by atoms with van der Waals surface area (Å²) in [6, 6.07) is 15.3. The van der Waals surface area contributed by atoms with Gasteiger partial charge in [-0.15, -0.1) is 0 Å². The van der Waals surface area contributed by atoms with E-state index in [9.17, 15) is 23.6 Å². The van der Waals surface area contributed by atoms with E-state index in [2.05, 4.69) is 26.0 Å². The number of anilines is 1. The van der Waals surface area contributed by atoms with Crippen LogP contribution in [0, 0.1) is 5.82 Å². The van der Waals surface area contributed by atoms with E-state index >= 15 is 0 Å². The van der Waals surface area contributed by atoms with Crippen LogP contribution in [-0.4, -0.2) is 41.6 Å². The van der Waals surface area contributed by atoms with E-state index < -0.39 is 29.6 Å². The van der Waals surface area contributed by atoms with Crippen molar-refractivity contribution in [3.05, 3.63) is 97.6 Å². The van der Waals surface area contributed by atoms with Gasteiger partial charge in [-0.25, -0.2) is 9.18 Å². The van der Waals surface area contributed by atoms with Crippen molar-refractivity contribution in [3.8, 4) is 5.75 Å². The number of amides is 3. The normalized spacial score (nSPS) is 14.1. The molecule has 0 saturated carbocycles. The maximum absolute atomic E-state index is 13.2. The molecule has 39 heavy (non-hydrogen) atoms. The minimum atomic E-state index is -0.680. The Balaban J connectivity index is 1.47. The highest BCUT2D eigenvalue weighted by atomic mass is 79.9. The second kappa shape index (κ2) is 12.5. The van der Waals surface area contributed by atoms with Gasteiger partial charge in [-0.1, -0.05) is 39.7 Å². The average Bonchev–Trinajstić information content (AvgIpc) is 3.17. The molecule has 1 aliphatic rings. The molecule has 1 saturated heterocycles. The van der Waals surface area contributed by atoms with Crippen LogP contribution in [0.2, 0.25) is 5.02 Å². The molecule has 1 heterocycles. The molecule has 0 atom stereocenters. The van der Waals surface area contributed by atoms with Crippen LogP contribution in [0.5, 0.6) is 5.75 Å². The number of nitrogens with zero attached hydrogens (tertiary/aromatic N) is 1. The van der Waals surface area contributed by atoms with Crippen molar-refractivity contribution < 1.29 is 33.0 Å². The zero-order chi connectivity index (χ0) is 28.1. The molecule has 0 spiro atoms. The molecule has 0 aliphatic carbocycles. The van der Waals surface area contributed by atoms with Crippen molar-refractivity contribution in [2.45, 2.75) is 6.61 Å². The molecule has 200 valence electrons. The van der Waals surface area contributed by atoms with Crippen molar-refractivity contribution >= 4 is 74.1 Å². The average molecular weight is 634 g/mol. The Bertz CT molecular complexity index is 1500. The first-order valence-electron chi connectivity index (χ1n) is 11.2. The number of hydrogen-bond donors (Lipinski definition) is 1. The first-order valence-corrected chi connectivity index (χ1v) is 13.2. The van der Waals surface area contributed by atoms with Crippen molar-refractivity contribution in [3.63, 3.8) is 0 Å². The molecule has 4 rings (SSSR count). The molecule has 3 aromatic rings. The Morgan fingerprint density at radius 1 is 1.10 bits per heavy atom. The quantitative estimate of drug-likeness (QED) is 0.230. The van der Waals surface area contributed by atoms with Gasteiger partial charge in [0, 0.05) is 15.7 Å². The van der Waals surface area contributed by atoms with Gasteiger partial charge in [-0.2, -0.15) is 0 Å². The number of nitrogens with one attached hydrogen (secondary N) is 1. The Hall–Kier alpha value is -3.67. The fraction of sp³-hybridized carbons (Fsp3) is 0.111. The van der Waals surface area contributed by atoms with E-state index in [1.165, 1.54) is 43.5 Å². The number of carbonyl (C=O) groups is 4. The van der Waals surface area contributed by atoms with Crippen LogP contribution in [0.1, 0.15) is 21.5 Å². The van der Waals surface area contributed by atoms with Gasteiger partial charge >= 0.3 is 5.97 Å². The molecular formula is C27H19BrClFN2O6S. The summed E-state index contributed by atoms with van der Waals surface area (Å²) in [4.78, 5) is 51.0. The predicted molar refractivity (Wildman–Crippen MR) is 149 cm³/mol. The van der Waals surface area contributed by atoms with Crippen molar-refractivity contribution in [1.82, 2.24) is 4.90 Å². The fourth-order valence-electron chi connectivity index (χ4n) is 3.50. The van der Waals surface area contributed by atoms with E-state index in [-0.39, 0.29) is 33.6 Å². The number of thioether (sulfide) groups is 1. The molecule has 3 amide bonds. The van der Waals surface area contributed by atoms with Crippen LogP contribution < -0.4 is 10.1 Å². The van der Waals surface area contributed by atoms with Crippen LogP contribution in [0.3, 0.4) is 0 Å². The van der Waals surface area contributed by atoms with Gasteiger partial charge in [0.2, 0.25) is 5.91 Å².